The van der Waals surface area contributed by atoms with Crippen LogP contribution in [0.3, 0.4) is 0 Å². The average Bonchev–Trinajstić information content (AvgIpc) is 3.50. The van der Waals surface area contributed by atoms with Gasteiger partial charge in [-0.25, -0.2) is 4.98 Å². The Labute approximate surface area is 180 Å². The topological polar surface area (TPSA) is 81.9 Å². The van der Waals surface area contributed by atoms with Gasteiger partial charge in [-0.15, -0.1) is 0 Å². The molecule has 0 saturated heterocycles. The van der Waals surface area contributed by atoms with Gasteiger partial charge in [-0.2, -0.15) is 5.10 Å². The molecule has 0 aliphatic heterocycles. The van der Waals surface area contributed by atoms with Crippen LogP contribution in [0.2, 0.25) is 0 Å². The third-order valence-electron chi connectivity index (χ3n) is 5.21. The molecule has 0 spiro atoms. The fourth-order valence-electron chi connectivity index (χ4n) is 3.56. The van der Waals surface area contributed by atoms with Crippen molar-refractivity contribution in [3.63, 3.8) is 0 Å². The van der Waals surface area contributed by atoms with E-state index in [1.54, 1.807) is 18.3 Å². The molecule has 156 valence electrons. The number of hydrogen-bond donors (Lipinski definition) is 1. The molecule has 7 nitrogen and oxygen atoms in total. The summed E-state index contributed by atoms with van der Waals surface area (Å²) in [7, 11) is 0. The first-order chi connectivity index (χ1) is 15.1. The lowest BCUT2D eigenvalue weighted by molar-refractivity contribution is 0.102. The van der Waals surface area contributed by atoms with Gasteiger partial charge in [0.25, 0.3) is 5.91 Å². The Kier molecular flexibility index (Phi) is 4.86. The van der Waals surface area contributed by atoms with Crippen molar-refractivity contribution in [1.82, 2.24) is 19.7 Å². The number of para-hydroxylation sites is 1. The molecule has 1 aliphatic rings. The Morgan fingerprint density at radius 1 is 1.13 bits per heavy atom. The summed E-state index contributed by atoms with van der Waals surface area (Å²) >= 11 is 0. The average molecular weight is 413 g/mol. The monoisotopic (exact) mass is 413 g/mol. The Morgan fingerprint density at radius 3 is 2.74 bits per heavy atom. The summed E-state index contributed by atoms with van der Waals surface area (Å²) in [5, 5.41) is 8.44. The highest BCUT2D eigenvalue weighted by Crippen LogP contribution is 2.36. The summed E-state index contributed by atoms with van der Waals surface area (Å²) in [6.45, 7) is 3.86. The standard InChI is InChI=1S/C24H23N5O2/c1-15(2)31-22-9-6-16(12-26-22)24(30)28-21-5-3-4-20-19(10-11-25-23(20)21)17-13-27-29(14-17)18-7-8-18/h3-6,9-15,18H,7-8H2,1-2H3,(H,28,30). The predicted molar refractivity (Wildman–Crippen MR) is 119 cm³/mol. The van der Waals surface area contributed by atoms with Crippen molar-refractivity contribution >= 4 is 22.5 Å². The van der Waals surface area contributed by atoms with Gasteiger partial charge in [0.05, 0.1) is 35.1 Å². The number of carbonyl (C=O) groups excluding carboxylic acids is 1. The highest BCUT2D eigenvalue weighted by molar-refractivity contribution is 6.10. The summed E-state index contributed by atoms with van der Waals surface area (Å²) in [6.07, 6.45) is 9.67. The zero-order valence-electron chi connectivity index (χ0n) is 17.4. The first kappa shape index (κ1) is 19.2. The molecule has 0 atom stereocenters. The van der Waals surface area contributed by atoms with Crippen molar-refractivity contribution in [1.29, 1.82) is 0 Å². The van der Waals surface area contributed by atoms with E-state index in [2.05, 4.69) is 26.6 Å². The third kappa shape index (κ3) is 3.99. The largest absolute Gasteiger partial charge is 0.475 e. The number of anilines is 1. The number of carbonyl (C=O) groups is 1. The SMILES string of the molecule is CC(C)Oc1ccc(C(=O)Nc2cccc3c(-c4cnn(C5CC5)c4)ccnc23)cn1. The van der Waals surface area contributed by atoms with Gasteiger partial charge in [-0.05, 0) is 50.5 Å². The molecule has 0 unspecified atom stereocenters. The van der Waals surface area contributed by atoms with Crippen LogP contribution >= 0.6 is 0 Å². The second-order valence-corrected chi connectivity index (χ2v) is 8.01. The van der Waals surface area contributed by atoms with Crippen LogP contribution in [0, 0.1) is 0 Å². The highest BCUT2D eigenvalue weighted by Gasteiger charge is 2.24. The normalized spacial score (nSPS) is 13.5. The molecule has 1 aliphatic carbocycles. The van der Waals surface area contributed by atoms with Gasteiger partial charge in [-0.1, -0.05) is 12.1 Å². The minimum Gasteiger partial charge on any atom is -0.475 e. The number of nitrogens with zero attached hydrogens (tertiary/aromatic N) is 4. The first-order valence-electron chi connectivity index (χ1n) is 10.4. The van der Waals surface area contributed by atoms with Crippen LogP contribution in [0.1, 0.15) is 43.1 Å². The third-order valence-corrected chi connectivity index (χ3v) is 5.21. The Hall–Kier alpha value is -3.74. The molecule has 4 aromatic rings. The summed E-state index contributed by atoms with van der Waals surface area (Å²) < 4.78 is 7.58. The van der Waals surface area contributed by atoms with Gasteiger partial charge in [0.2, 0.25) is 5.88 Å². The second kappa shape index (κ2) is 7.83. The van der Waals surface area contributed by atoms with Gasteiger partial charge in [0.15, 0.2) is 0 Å². The molecule has 5 rings (SSSR count). The number of benzene rings is 1. The van der Waals surface area contributed by atoms with Crippen molar-refractivity contribution in [2.45, 2.75) is 38.8 Å². The van der Waals surface area contributed by atoms with E-state index in [0.717, 1.165) is 22.0 Å². The lowest BCUT2D eigenvalue weighted by Crippen LogP contribution is -2.13. The Balaban J connectivity index is 1.43. The van der Waals surface area contributed by atoms with Crippen LogP contribution in [-0.2, 0) is 0 Å². The van der Waals surface area contributed by atoms with Crippen LogP contribution in [-0.4, -0.2) is 31.8 Å². The molecular weight excluding hydrogens is 390 g/mol. The fourth-order valence-corrected chi connectivity index (χ4v) is 3.56. The minimum absolute atomic E-state index is 0.0273. The molecule has 3 aromatic heterocycles. The number of hydrogen-bond acceptors (Lipinski definition) is 5. The second-order valence-electron chi connectivity index (χ2n) is 8.01. The van der Waals surface area contributed by atoms with E-state index in [-0.39, 0.29) is 12.0 Å². The number of rotatable bonds is 6. The van der Waals surface area contributed by atoms with Crippen LogP contribution in [0.5, 0.6) is 5.88 Å². The maximum absolute atomic E-state index is 12.8. The molecule has 1 saturated carbocycles. The highest BCUT2D eigenvalue weighted by atomic mass is 16.5. The van der Waals surface area contributed by atoms with Gasteiger partial charge in [0, 0.05) is 35.6 Å². The molecule has 1 aromatic carbocycles. The molecule has 7 heteroatoms. The molecule has 1 N–H and O–H groups in total. The van der Waals surface area contributed by atoms with E-state index in [4.69, 9.17) is 4.74 Å². The Bertz CT molecular complexity index is 1240. The van der Waals surface area contributed by atoms with Crippen molar-refractivity contribution in [2.75, 3.05) is 5.32 Å². The number of ether oxygens (including phenoxy) is 1. The van der Waals surface area contributed by atoms with Gasteiger partial charge >= 0.3 is 0 Å². The van der Waals surface area contributed by atoms with Gasteiger partial charge in [0.1, 0.15) is 0 Å². The van der Waals surface area contributed by atoms with Crippen LogP contribution in [0.15, 0.2) is 61.2 Å². The zero-order valence-corrected chi connectivity index (χ0v) is 17.4. The van der Waals surface area contributed by atoms with Crippen molar-refractivity contribution < 1.29 is 9.53 Å². The summed E-state index contributed by atoms with van der Waals surface area (Å²) in [6, 6.07) is 11.7. The summed E-state index contributed by atoms with van der Waals surface area (Å²) in [5.41, 5.74) is 3.94. The van der Waals surface area contributed by atoms with E-state index >= 15 is 0 Å². The quantitative estimate of drug-likeness (QED) is 0.488. The van der Waals surface area contributed by atoms with E-state index in [1.807, 2.05) is 49.0 Å². The van der Waals surface area contributed by atoms with Gasteiger partial charge in [-0.3, -0.25) is 14.5 Å². The number of nitrogens with one attached hydrogen (secondary N) is 1. The van der Waals surface area contributed by atoms with E-state index in [1.165, 1.54) is 19.0 Å². The summed E-state index contributed by atoms with van der Waals surface area (Å²) in [4.78, 5) is 21.5. The van der Waals surface area contributed by atoms with Crippen LogP contribution < -0.4 is 10.1 Å². The smallest absolute Gasteiger partial charge is 0.257 e. The minimum atomic E-state index is -0.246. The van der Waals surface area contributed by atoms with Gasteiger partial charge < -0.3 is 10.1 Å². The summed E-state index contributed by atoms with van der Waals surface area (Å²) in [5.74, 6) is 0.250. The molecular formula is C24H23N5O2. The molecule has 1 amide bonds. The predicted octanol–water partition coefficient (Wildman–Crippen LogP) is 4.87. The van der Waals surface area contributed by atoms with Crippen LogP contribution in [0.4, 0.5) is 5.69 Å². The van der Waals surface area contributed by atoms with Crippen molar-refractivity contribution in [3.8, 4) is 17.0 Å². The number of amides is 1. The van der Waals surface area contributed by atoms with Crippen molar-refractivity contribution in [2.24, 2.45) is 0 Å². The van der Waals surface area contributed by atoms with Crippen LogP contribution in [0.25, 0.3) is 22.0 Å². The van der Waals surface area contributed by atoms with Crippen molar-refractivity contribution in [3.05, 3.63) is 66.7 Å². The van der Waals surface area contributed by atoms with E-state index in [9.17, 15) is 4.79 Å². The molecule has 31 heavy (non-hydrogen) atoms. The lowest BCUT2D eigenvalue weighted by Gasteiger charge is -2.11. The number of fused-ring (bicyclic) bond motifs is 1. The maximum atomic E-state index is 12.8. The van der Waals surface area contributed by atoms with E-state index < -0.39 is 0 Å². The molecule has 1 fully saturated rings. The molecule has 3 heterocycles. The molecule has 0 radical (unpaired) electrons. The number of aromatic nitrogens is 4. The van der Waals surface area contributed by atoms with E-state index in [0.29, 0.717) is 23.2 Å². The first-order valence-corrected chi connectivity index (χ1v) is 10.4. The molecule has 0 bridgehead atoms. The maximum Gasteiger partial charge on any atom is 0.257 e. The Morgan fingerprint density at radius 2 is 2.00 bits per heavy atom. The fraction of sp³-hybridized carbons (Fsp3) is 0.250. The zero-order chi connectivity index (χ0) is 21.4. The lowest BCUT2D eigenvalue weighted by atomic mass is 10.0. The number of pyridine rings is 2.